The number of rotatable bonds is 4. The summed E-state index contributed by atoms with van der Waals surface area (Å²) < 4.78 is 18.8. The predicted molar refractivity (Wildman–Crippen MR) is 77.8 cm³/mol. The fraction of sp³-hybridized carbons (Fsp3) is 0.200. The van der Waals surface area contributed by atoms with Crippen LogP contribution in [0.2, 0.25) is 10.0 Å². The molecule has 0 aliphatic heterocycles. The molecule has 0 aliphatic rings. The van der Waals surface area contributed by atoms with Crippen LogP contribution in [0.5, 0.6) is 5.75 Å². The van der Waals surface area contributed by atoms with Crippen LogP contribution < -0.4 is 4.74 Å². The highest BCUT2D eigenvalue weighted by Gasteiger charge is 2.11. The molecular formula is C15H13Cl2FO2. The summed E-state index contributed by atoms with van der Waals surface area (Å²) in [7, 11) is 0. The number of benzene rings is 2. The first kappa shape index (κ1) is 15.1. The number of aliphatic hydroxyl groups is 1. The molecule has 1 atom stereocenters. The maximum absolute atomic E-state index is 13.3. The molecule has 1 N–H and O–H groups in total. The molecule has 20 heavy (non-hydrogen) atoms. The highest BCUT2D eigenvalue weighted by atomic mass is 35.5. The van der Waals surface area contributed by atoms with Crippen molar-refractivity contribution in [2.45, 2.75) is 19.6 Å². The molecule has 5 heteroatoms. The standard InChI is InChI=1S/C15H13Cl2FO2/c1-9(19)12-4-3-11(18)7-15(12)20-8-10-2-5-13(16)14(17)6-10/h2-7,9,19H,8H2,1H3/t9-/m0/s1. The normalized spacial score (nSPS) is 12.2. The first-order valence-corrected chi connectivity index (χ1v) is 6.77. The van der Waals surface area contributed by atoms with E-state index in [1.165, 1.54) is 18.2 Å². The minimum absolute atomic E-state index is 0.208. The molecule has 0 saturated carbocycles. The van der Waals surface area contributed by atoms with Gasteiger partial charge in [0.1, 0.15) is 18.2 Å². The zero-order chi connectivity index (χ0) is 14.7. The van der Waals surface area contributed by atoms with Gasteiger partial charge in [-0.3, -0.25) is 0 Å². The van der Waals surface area contributed by atoms with Crippen molar-refractivity contribution >= 4 is 23.2 Å². The summed E-state index contributed by atoms with van der Waals surface area (Å²) in [5, 5.41) is 10.5. The third kappa shape index (κ3) is 3.63. The largest absolute Gasteiger partial charge is 0.488 e. The SMILES string of the molecule is C[C@H](O)c1ccc(F)cc1OCc1ccc(Cl)c(Cl)c1. The minimum Gasteiger partial charge on any atom is -0.488 e. The Bertz CT molecular complexity index is 615. The van der Waals surface area contributed by atoms with E-state index in [4.69, 9.17) is 27.9 Å². The molecule has 0 radical (unpaired) electrons. The molecule has 0 aromatic heterocycles. The number of halogens is 3. The van der Waals surface area contributed by atoms with Crippen molar-refractivity contribution in [1.82, 2.24) is 0 Å². The number of aliphatic hydroxyl groups excluding tert-OH is 1. The first-order chi connectivity index (χ1) is 9.47. The molecule has 0 fully saturated rings. The molecule has 106 valence electrons. The van der Waals surface area contributed by atoms with E-state index in [0.29, 0.717) is 21.4 Å². The van der Waals surface area contributed by atoms with E-state index in [-0.39, 0.29) is 6.61 Å². The molecule has 0 spiro atoms. The lowest BCUT2D eigenvalue weighted by molar-refractivity contribution is 0.190. The van der Waals surface area contributed by atoms with Gasteiger partial charge < -0.3 is 9.84 Å². The zero-order valence-corrected chi connectivity index (χ0v) is 12.2. The molecule has 2 aromatic carbocycles. The Kier molecular flexibility index (Phi) is 4.86. The minimum atomic E-state index is -0.737. The van der Waals surface area contributed by atoms with E-state index >= 15 is 0 Å². The van der Waals surface area contributed by atoms with Gasteiger partial charge in [0.2, 0.25) is 0 Å². The van der Waals surface area contributed by atoms with Crippen LogP contribution in [-0.2, 0) is 6.61 Å². The monoisotopic (exact) mass is 314 g/mol. The Hall–Kier alpha value is -1.29. The van der Waals surface area contributed by atoms with Crippen LogP contribution in [0.25, 0.3) is 0 Å². The van der Waals surface area contributed by atoms with Crippen molar-refractivity contribution in [3.63, 3.8) is 0 Å². The van der Waals surface area contributed by atoms with E-state index in [1.807, 2.05) is 0 Å². The third-order valence-corrected chi connectivity index (χ3v) is 3.54. The molecule has 2 nitrogen and oxygen atoms in total. The molecule has 0 bridgehead atoms. The first-order valence-electron chi connectivity index (χ1n) is 6.01. The van der Waals surface area contributed by atoms with Gasteiger partial charge >= 0.3 is 0 Å². The molecular weight excluding hydrogens is 302 g/mol. The van der Waals surface area contributed by atoms with Gasteiger partial charge in [0.25, 0.3) is 0 Å². The second-order valence-corrected chi connectivity index (χ2v) is 5.21. The van der Waals surface area contributed by atoms with Crippen LogP contribution in [0.1, 0.15) is 24.2 Å². The fourth-order valence-corrected chi connectivity index (χ4v) is 2.09. The van der Waals surface area contributed by atoms with Crippen LogP contribution in [-0.4, -0.2) is 5.11 Å². The molecule has 0 heterocycles. The summed E-state index contributed by atoms with van der Waals surface area (Å²) in [6.07, 6.45) is -0.737. The smallest absolute Gasteiger partial charge is 0.128 e. The highest BCUT2D eigenvalue weighted by Crippen LogP contribution is 2.28. The zero-order valence-electron chi connectivity index (χ0n) is 10.7. The van der Waals surface area contributed by atoms with Crippen molar-refractivity contribution < 1.29 is 14.2 Å². The average molecular weight is 315 g/mol. The van der Waals surface area contributed by atoms with Gasteiger partial charge in [-0.05, 0) is 36.8 Å². The van der Waals surface area contributed by atoms with Crippen LogP contribution in [0.4, 0.5) is 4.39 Å². The Morgan fingerprint density at radius 1 is 1.15 bits per heavy atom. The van der Waals surface area contributed by atoms with Crippen LogP contribution in [0.3, 0.4) is 0 Å². The summed E-state index contributed by atoms with van der Waals surface area (Å²) >= 11 is 11.7. The Morgan fingerprint density at radius 2 is 1.90 bits per heavy atom. The Morgan fingerprint density at radius 3 is 2.55 bits per heavy atom. The van der Waals surface area contributed by atoms with Gasteiger partial charge in [-0.2, -0.15) is 0 Å². The Balaban J connectivity index is 2.17. The van der Waals surface area contributed by atoms with Crippen molar-refractivity contribution in [2.24, 2.45) is 0 Å². The molecule has 0 aliphatic carbocycles. The van der Waals surface area contributed by atoms with Crippen molar-refractivity contribution in [3.05, 3.63) is 63.4 Å². The van der Waals surface area contributed by atoms with Crippen LogP contribution in [0, 0.1) is 5.82 Å². The summed E-state index contributed by atoms with van der Waals surface area (Å²) in [5.41, 5.74) is 1.34. The highest BCUT2D eigenvalue weighted by molar-refractivity contribution is 6.42. The van der Waals surface area contributed by atoms with E-state index in [2.05, 4.69) is 0 Å². The lowest BCUT2D eigenvalue weighted by Crippen LogP contribution is -2.01. The molecule has 0 amide bonds. The van der Waals surface area contributed by atoms with Gasteiger partial charge in [0, 0.05) is 11.6 Å². The van der Waals surface area contributed by atoms with Gasteiger partial charge in [0.05, 0.1) is 16.1 Å². The maximum atomic E-state index is 13.3. The summed E-state index contributed by atoms with van der Waals surface area (Å²) in [5.74, 6) is -0.107. The Labute approximate surface area is 126 Å². The van der Waals surface area contributed by atoms with Crippen molar-refractivity contribution in [1.29, 1.82) is 0 Å². The van der Waals surface area contributed by atoms with Crippen LogP contribution in [0.15, 0.2) is 36.4 Å². The van der Waals surface area contributed by atoms with Crippen molar-refractivity contribution in [3.8, 4) is 5.75 Å². The summed E-state index contributed by atoms with van der Waals surface area (Å²) in [4.78, 5) is 0. The quantitative estimate of drug-likeness (QED) is 0.881. The van der Waals surface area contributed by atoms with Gasteiger partial charge in [0.15, 0.2) is 0 Å². The molecule has 0 saturated heterocycles. The van der Waals surface area contributed by atoms with E-state index in [9.17, 15) is 9.50 Å². The lowest BCUT2D eigenvalue weighted by atomic mass is 10.1. The number of hydrogen-bond donors (Lipinski definition) is 1. The topological polar surface area (TPSA) is 29.5 Å². The van der Waals surface area contributed by atoms with E-state index in [1.54, 1.807) is 25.1 Å². The predicted octanol–water partition coefficient (Wildman–Crippen LogP) is 4.76. The van der Waals surface area contributed by atoms with Crippen LogP contribution >= 0.6 is 23.2 Å². The third-order valence-electron chi connectivity index (χ3n) is 2.80. The second kappa shape index (κ2) is 6.44. The molecule has 2 aromatic rings. The number of ether oxygens (including phenoxy) is 1. The average Bonchev–Trinajstić information content (AvgIpc) is 2.40. The van der Waals surface area contributed by atoms with Crippen molar-refractivity contribution in [2.75, 3.05) is 0 Å². The number of hydrogen-bond acceptors (Lipinski definition) is 2. The molecule has 0 unspecified atom stereocenters. The second-order valence-electron chi connectivity index (χ2n) is 4.40. The molecule has 2 rings (SSSR count). The van der Waals surface area contributed by atoms with E-state index < -0.39 is 11.9 Å². The van der Waals surface area contributed by atoms with Gasteiger partial charge in [-0.1, -0.05) is 29.3 Å². The van der Waals surface area contributed by atoms with E-state index in [0.717, 1.165) is 5.56 Å². The fourth-order valence-electron chi connectivity index (χ4n) is 1.77. The van der Waals surface area contributed by atoms with Gasteiger partial charge in [-0.25, -0.2) is 4.39 Å². The summed E-state index contributed by atoms with van der Waals surface area (Å²) in [6, 6.07) is 9.17. The van der Waals surface area contributed by atoms with Gasteiger partial charge in [-0.15, -0.1) is 0 Å². The maximum Gasteiger partial charge on any atom is 0.128 e. The lowest BCUT2D eigenvalue weighted by Gasteiger charge is -2.14. The summed E-state index contributed by atoms with van der Waals surface area (Å²) in [6.45, 7) is 1.80.